The zero-order valence-corrected chi connectivity index (χ0v) is 21.8. The second kappa shape index (κ2) is 11.1. The molecule has 0 aliphatic carbocycles. The maximum absolute atomic E-state index is 12.8. The number of nitrogens with zero attached hydrogens (tertiary/aromatic N) is 2. The summed E-state index contributed by atoms with van der Waals surface area (Å²) in [6, 6.07) is 27.9. The van der Waals surface area contributed by atoms with Gasteiger partial charge in [-0.1, -0.05) is 48.5 Å². The predicted octanol–water partition coefficient (Wildman–Crippen LogP) is 4.91. The first-order chi connectivity index (χ1) is 18.4. The third-order valence-electron chi connectivity index (χ3n) is 5.95. The van der Waals surface area contributed by atoms with Gasteiger partial charge in [0.2, 0.25) is 5.91 Å². The summed E-state index contributed by atoms with van der Waals surface area (Å²) in [5.41, 5.74) is 2.92. The fourth-order valence-corrected chi connectivity index (χ4v) is 6.22. The molecule has 1 atom stereocenters. The molecule has 2 heterocycles. The lowest BCUT2D eigenvalue weighted by Crippen LogP contribution is -2.27. The van der Waals surface area contributed by atoms with Crippen molar-refractivity contribution in [3.8, 4) is 0 Å². The van der Waals surface area contributed by atoms with Crippen molar-refractivity contribution in [1.82, 2.24) is 9.88 Å². The number of hydrogen-bond acceptors (Lipinski definition) is 6. The summed E-state index contributed by atoms with van der Waals surface area (Å²) in [6.07, 6.45) is 1.50. The Balaban J connectivity index is 1.23. The SMILES string of the molecule is O=C(Nc1ccc(S(=O)(=O)Nc2ccccn2)cc1)c1ccc([C@@H]2SCC(=O)N2Cc2ccccc2)cc1. The van der Waals surface area contributed by atoms with E-state index in [0.29, 0.717) is 23.5 Å². The van der Waals surface area contributed by atoms with E-state index in [2.05, 4.69) is 15.0 Å². The van der Waals surface area contributed by atoms with E-state index in [0.717, 1.165) is 11.1 Å². The number of carbonyl (C=O) groups is 2. The van der Waals surface area contributed by atoms with Crippen LogP contribution in [0.3, 0.4) is 0 Å². The zero-order chi connectivity index (χ0) is 26.5. The Bertz CT molecular complexity index is 1530. The van der Waals surface area contributed by atoms with Gasteiger partial charge in [0, 0.05) is 24.0 Å². The van der Waals surface area contributed by atoms with Crippen molar-refractivity contribution in [1.29, 1.82) is 0 Å². The molecule has 1 aromatic heterocycles. The number of carbonyl (C=O) groups excluding carboxylic acids is 2. The van der Waals surface area contributed by atoms with Crippen LogP contribution < -0.4 is 10.0 Å². The van der Waals surface area contributed by atoms with Crippen molar-refractivity contribution < 1.29 is 18.0 Å². The first-order valence-corrected chi connectivity index (χ1v) is 14.3. The minimum Gasteiger partial charge on any atom is -0.322 e. The average molecular weight is 545 g/mol. The van der Waals surface area contributed by atoms with Crippen molar-refractivity contribution in [2.24, 2.45) is 0 Å². The first kappa shape index (κ1) is 25.5. The van der Waals surface area contributed by atoms with E-state index in [1.54, 1.807) is 42.1 Å². The smallest absolute Gasteiger partial charge is 0.263 e. The van der Waals surface area contributed by atoms with E-state index < -0.39 is 10.0 Å². The predicted molar refractivity (Wildman–Crippen MR) is 148 cm³/mol. The summed E-state index contributed by atoms with van der Waals surface area (Å²) in [5, 5.41) is 2.67. The van der Waals surface area contributed by atoms with Crippen LogP contribution >= 0.6 is 11.8 Å². The normalized spacial score (nSPS) is 15.3. The summed E-state index contributed by atoms with van der Waals surface area (Å²) in [4.78, 5) is 31.2. The molecular formula is C28H24N4O4S2. The second-order valence-corrected chi connectivity index (χ2v) is 11.3. The number of nitrogens with one attached hydrogen (secondary N) is 2. The van der Waals surface area contributed by atoms with Gasteiger partial charge in [0.05, 0.1) is 10.6 Å². The van der Waals surface area contributed by atoms with Crippen LogP contribution in [0.25, 0.3) is 0 Å². The van der Waals surface area contributed by atoms with E-state index in [4.69, 9.17) is 0 Å². The third kappa shape index (κ3) is 5.87. The largest absolute Gasteiger partial charge is 0.322 e. The van der Waals surface area contributed by atoms with Crippen molar-refractivity contribution in [3.05, 3.63) is 120 Å². The van der Waals surface area contributed by atoms with E-state index >= 15 is 0 Å². The highest BCUT2D eigenvalue weighted by Gasteiger charge is 2.32. The zero-order valence-electron chi connectivity index (χ0n) is 20.2. The maximum atomic E-state index is 12.8. The molecule has 0 saturated carbocycles. The number of anilines is 2. The van der Waals surface area contributed by atoms with Crippen molar-refractivity contribution in [2.45, 2.75) is 16.8 Å². The molecule has 1 aliphatic heterocycles. The Kier molecular flexibility index (Phi) is 7.43. The molecule has 5 rings (SSSR count). The van der Waals surface area contributed by atoms with Gasteiger partial charge in [0.15, 0.2) is 0 Å². The van der Waals surface area contributed by atoms with E-state index in [1.165, 1.54) is 30.5 Å². The highest BCUT2D eigenvalue weighted by molar-refractivity contribution is 8.00. The molecule has 8 nitrogen and oxygen atoms in total. The van der Waals surface area contributed by atoms with Gasteiger partial charge in [-0.2, -0.15) is 0 Å². The summed E-state index contributed by atoms with van der Waals surface area (Å²) in [7, 11) is -3.81. The Morgan fingerprint density at radius 2 is 1.63 bits per heavy atom. The third-order valence-corrected chi connectivity index (χ3v) is 8.57. The van der Waals surface area contributed by atoms with Crippen LogP contribution in [-0.2, 0) is 21.4 Å². The molecule has 2 amide bonds. The van der Waals surface area contributed by atoms with Gasteiger partial charge in [-0.05, 0) is 59.7 Å². The Labute approximate surface area is 225 Å². The van der Waals surface area contributed by atoms with E-state index in [9.17, 15) is 18.0 Å². The number of benzene rings is 3. The number of aromatic nitrogens is 1. The molecular weight excluding hydrogens is 520 g/mol. The molecule has 2 N–H and O–H groups in total. The van der Waals surface area contributed by atoms with Gasteiger partial charge >= 0.3 is 0 Å². The fraction of sp³-hybridized carbons (Fsp3) is 0.107. The summed E-state index contributed by atoms with van der Waals surface area (Å²) in [5.74, 6) is 0.404. The van der Waals surface area contributed by atoms with Gasteiger partial charge in [0.1, 0.15) is 11.2 Å². The van der Waals surface area contributed by atoms with Crippen LogP contribution in [0.1, 0.15) is 26.9 Å². The number of thioether (sulfide) groups is 1. The second-order valence-electron chi connectivity index (χ2n) is 8.59. The van der Waals surface area contributed by atoms with Crippen LogP contribution in [-0.4, -0.2) is 35.9 Å². The molecule has 0 bridgehead atoms. The molecule has 1 aliphatic rings. The molecule has 1 saturated heterocycles. The summed E-state index contributed by atoms with van der Waals surface area (Å²) in [6.45, 7) is 0.530. The number of amides is 2. The quantitative estimate of drug-likeness (QED) is 0.326. The molecule has 38 heavy (non-hydrogen) atoms. The van der Waals surface area contributed by atoms with Crippen LogP contribution in [0.4, 0.5) is 11.5 Å². The fourth-order valence-electron chi connectivity index (χ4n) is 4.02. The molecule has 0 spiro atoms. The first-order valence-electron chi connectivity index (χ1n) is 11.8. The van der Waals surface area contributed by atoms with Gasteiger partial charge in [-0.3, -0.25) is 14.3 Å². The molecule has 192 valence electrons. The number of hydrogen-bond donors (Lipinski definition) is 2. The van der Waals surface area contributed by atoms with Crippen molar-refractivity contribution >= 4 is 45.1 Å². The highest BCUT2D eigenvalue weighted by atomic mass is 32.2. The molecule has 3 aromatic carbocycles. The molecule has 0 radical (unpaired) electrons. The lowest BCUT2D eigenvalue weighted by atomic mass is 10.1. The molecule has 10 heteroatoms. The van der Waals surface area contributed by atoms with Crippen LogP contribution in [0.5, 0.6) is 0 Å². The summed E-state index contributed by atoms with van der Waals surface area (Å²) < 4.78 is 27.6. The van der Waals surface area contributed by atoms with E-state index in [-0.39, 0.29) is 27.9 Å². The average Bonchev–Trinajstić information content (AvgIpc) is 3.29. The number of sulfonamides is 1. The Morgan fingerprint density at radius 1 is 0.921 bits per heavy atom. The van der Waals surface area contributed by atoms with Gasteiger partial charge in [-0.15, -0.1) is 11.8 Å². The number of pyridine rings is 1. The van der Waals surface area contributed by atoms with E-state index in [1.807, 2.05) is 47.4 Å². The highest BCUT2D eigenvalue weighted by Crippen LogP contribution is 2.39. The minimum absolute atomic E-state index is 0.0502. The Morgan fingerprint density at radius 3 is 2.32 bits per heavy atom. The monoisotopic (exact) mass is 544 g/mol. The lowest BCUT2D eigenvalue weighted by Gasteiger charge is -2.24. The van der Waals surface area contributed by atoms with Gasteiger partial charge < -0.3 is 10.2 Å². The topological polar surface area (TPSA) is 108 Å². The van der Waals surface area contributed by atoms with Gasteiger partial charge in [0.25, 0.3) is 15.9 Å². The molecule has 4 aromatic rings. The minimum atomic E-state index is -3.81. The van der Waals surface area contributed by atoms with Crippen LogP contribution in [0, 0.1) is 0 Å². The van der Waals surface area contributed by atoms with Crippen LogP contribution in [0.15, 0.2) is 108 Å². The molecule has 0 unspecified atom stereocenters. The Hall–Kier alpha value is -4.15. The molecule has 1 fully saturated rings. The lowest BCUT2D eigenvalue weighted by molar-refractivity contribution is -0.128. The van der Waals surface area contributed by atoms with Crippen molar-refractivity contribution in [2.75, 3.05) is 15.8 Å². The number of rotatable bonds is 8. The van der Waals surface area contributed by atoms with Crippen LogP contribution in [0.2, 0.25) is 0 Å². The summed E-state index contributed by atoms with van der Waals surface area (Å²) >= 11 is 1.57. The van der Waals surface area contributed by atoms with Crippen molar-refractivity contribution in [3.63, 3.8) is 0 Å². The standard InChI is InChI=1S/C28H24N4O4S2/c33-26-19-37-28(32(26)18-20-6-2-1-3-7-20)22-11-9-21(10-12-22)27(34)30-23-13-15-24(16-14-23)38(35,36)31-25-8-4-5-17-29-25/h1-17,28H,18-19H2,(H,29,31)(H,30,34)/t28-/m0/s1. The maximum Gasteiger partial charge on any atom is 0.263 e. The van der Waals surface area contributed by atoms with Gasteiger partial charge in [-0.25, -0.2) is 13.4 Å².